The molecule has 0 amide bonds. The molecule has 1 atom stereocenters. The van der Waals surface area contributed by atoms with E-state index in [1.54, 1.807) is 0 Å². The number of hydrogen-bond acceptors (Lipinski definition) is 3. The number of nitrogens with one attached hydrogen (secondary N) is 1. The van der Waals surface area contributed by atoms with Crippen LogP contribution in [-0.2, 0) is 9.47 Å². The summed E-state index contributed by atoms with van der Waals surface area (Å²) in [6, 6.07) is 0.355. The van der Waals surface area contributed by atoms with Crippen LogP contribution in [0.2, 0.25) is 0 Å². The number of allylic oxidation sites excluding steroid dienone is 1. The van der Waals surface area contributed by atoms with Gasteiger partial charge in [0.2, 0.25) is 0 Å². The van der Waals surface area contributed by atoms with Gasteiger partial charge in [0, 0.05) is 12.5 Å². The van der Waals surface area contributed by atoms with Crippen molar-refractivity contribution in [3.63, 3.8) is 0 Å². The van der Waals surface area contributed by atoms with Gasteiger partial charge >= 0.3 is 0 Å². The molecule has 0 radical (unpaired) electrons. The van der Waals surface area contributed by atoms with Crippen LogP contribution in [0.1, 0.15) is 20.3 Å². The van der Waals surface area contributed by atoms with Gasteiger partial charge in [0.25, 0.3) is 0 Å². The molecule has 0 saturated carbocycles. The predicted octanol–water partition coefficient (Wildman–Crippen LogP) is 1.30. The van der Waals surface area contributed by atoms with Gasteiger partial charge in [0.15, 0.2) is 6.29 Å². The van der Waals surface area contributed by atoms with Crippen LogP contribution in [0.3, 0.4) is 0 Å². The second-order valence-electron chi connectivity index (χ2n) is 3.55. The molecule has 1 heterocycles. The summed E-state index contributed by atoms with van der Waals surface area (Å²) in [5.74, 6) is 0. The Labute approximate surface area is 80.1 Å². The van der Waals surface area contributed by atoms with Crippen molar-refractivity contribution < 1.29 is 9.47 Å². The van der Waals surface area contributed by atoms with Crippen LogP contribution < -0.4 is 5.32 Å². The van der Waals surface area contributed by atoms with E-state index in [9.17, 15) is 0 Å². The Morgan fingerprint density at radius 2 is 2.08 bits per heavy atom. The first-order valence-electron chi connectivity index (χ1n) is 4.78. The number of rotatable bonds is 4. The highest BCUT2D eigenvalue weighted by Crippen LogP contribution is 2.11. The van der Waals surface area contributed by atoms with E-state index in [0.29, 0.717) is 6.04 Å². The van der Waals surface area contributed by atoms with Gasteiger partial charge in [-0.3, -0.25) is 0 Å². The smallest absolute Gasteiger partial charge is 0.159 e. The molecular formula is C10H19NO2. The lowest BCUT2D eigenvalue weighted by molar-refractivity contribution is -0.0496. The molecule has 0 bridgehead atoms. The Hall–Kier alpha value is -0.380. The van der Waals surface area contributed by atoms with Gasteiger partial charge in [0.1, 0.15) is 0 Å². The maximum absolute atomic E-state index is 5.38. The summed E-state index contributed by atoms with van der Waals surface area (Å²) in [6.45, 7) is 5.66. The lowest BCUT2D eigenvalue weighted by Crippen LogP contribution is -2.28. The van der Waals surface area contributed by atoms with Crippen molar-refractivity contribution in [2.75, 3.05) is 20.3 Å². The normalized spacial score (nSPS) is 20.2. The first-order valence-corrected chi connectivity index (χ1v) is 4.78. The molecule has 1 aliphatic rings. The Bertz CT molecular complexity index is 170. The lowest BCUT2D eigenvalue weighted by Gasteiger charge is -2.16. The van der Waals surface area contributed by atoms with Crippen molar-refractivity contribution in [1.82, 2.24) is 5.32 Å². The van der Waals surface area contributed by atoms with Crippen LogP contribution in [-0.4, -0.2) is 32.6 Å². The molecule has 0 spiro atoms. The van der Waals surface area contributed by atoms with Crippen molar-refractivity contribution >= 4 is 0 Å². The summed E-state index contributed by atoms with van der Waals surface area (Å²) in [5, 5.41) is 3.22. The Morgan fingerprint density at radius 1 is 1.46 bits per heavy atom. The van der Waals surface area contributed by atoms with Crippen LogP contribution in [0.15, 0.2) is 11.6 Å². The molecule has 1 saturated heterocycles. The van der Waals surface area contributed by atoms with Crippen molar-refractivity contribution in [3.05, 3.63) is 11.6 Å². The predicted molar refractivity (Wildman–Crippen MR) is 52.6 cm³/mol. The summed E-state index contributed by atoms with van der Waals surface area (Å²) in [5.41, 5.74) is 1.32. The standard InChI is InChI=1S/C10H19NO2/c1-8(2)6-9(11-3)7-10-12-4-5-13-10/h6,9-11H,4-5,7H2,1-3H3. The summed E-state index contributed by atoms with van der Waals surface area (Å²) in [6.07, 6.45) is 3.07. The van der Waals surface area contributed by atoms with Crippen LogP contribution >= 0.6 is 0 Å². The fourth-order valence-electron chi connectivity index (χ4n) is 1.42. The molecule has 13 heavy (non-hydrogen) atoms. The summed E-state index contributed by atoms with van der Waals surface area (Å²) >= 11 is 0. The minimum Gasteiger partial charge on any atom is -0.350 e. The molecule has 1 N–H and O–H groups in total. The maximum Gasteiger partial charge on any atom is 0.159 e. The minimum absolute atomic E-state index is 0.0203. The topological polar surface area (TPSA) is 30.5 Å². The fourth-order valence-corrected chi connectivity index (χ4v) is 1.42. The molecular weight excluding hydrogens is 166 g/mol. The highest BCUT2D eigenvalue weighted by molar-refractivity contribution is 5.00. The lowest BCUT2D eigenvalue weighted by atomic mass is 10.1. The number of likely N-dealkylation sites (N-methyl/N-ethyl adjacent to an activating group) is 1. The molecule has 3 heteroatoms. The zero-order valence-electron chi connectivity index (χ0n) is 8.67. The zero-order valence-corrected chi connectivity index (χ0v) is 8.67. The highest BCUT2D eigenvalue weighted by Gasteiger charge is 2.18. The first kappa shape index (κ1) is 10.7. The quantitative estimate of drug-likeness (QED) is 0.670. The van der Waals surface area contributed by atoms with Crippen LogP contribution in [0.4, 0.5) is 0 Å². The summed E-state index contributed by atoms with van der Waals surface area (Å²) < 4.78 is 10.8. The first-order chi connectivity index (χ1) is 6.22. The fraction of sp³-hybridized carbons (Fsp3) is 0.800. The van der Waals surface area contributed by atoms with E-state index in [4.69, 9.17) is 9.47 Å². The van der Waals surface area contributed by atoms with Gasteiger partial charge in [-0.25, -0.2) is 0 Å². The summed E-state index contributed by atoms with van der Waals surface area (Å²) in [4.78, 5) is 0. The Morgan fingerprint density at radius 3 is 2.54 bits per heavy atom. The molecule has 1 aliphatic heterocycles. The van der Waals surface area contributed by atoms with Crippen molar-refractivity contribution in [2.45, 2.75) is 32.6 Å². The van der Waals surface area contributed by atoms with E-state index in [2.05, 4.69) is 25.2 Å². The highest BCUT2D eigenvalue weighted by atomic mass is 16.7. The van der Waals surface area contributed by atoms with Gasteiger partial charge < -0.3 is 14.8 Å². The Balaban J connectivity index is 2.34. The molecule has 0 aromatic heterocycles. The van der Waals surface area contributed by atoms with Gasteiger partial charge in [-0.2, -0.15) is 0 Å². The van der Waals surface area contributed by atoms with Gasteiger partial charge in [-0.1, -0.05) is 11.6 Å². The maximum atomic E-state index is 5.38. The largest absolute Gasteiger partial charge is 0.350 e. The molecule has 1 fully saturated rings. The molecule has 1 unspecified atom stereocenters. The average Bonchev–Trinajstić information content (AvgIpc) is 2.55. The van der Waals surface area contributed by atoms with E-state index in [1.165, 1.54) is 5.57 Å². The molecule has 0 aliphatic carbocycles. The van der Waals surface area contributed by atoms with Gasteiger partial charge in [-0.15, -0.1) is 0 Å². The Kier molecular flexibility index (Phi) is 4.42. The van der Waals surface area contributed by atoms with E-state index >= 15 is 0 Å². The SMILES string of the molecule is CNC(C=C(C)C)CC1OCCO1. The van der Waals surface area contributed by atoms with Gasteiger partial charge in [0.05, 0.1) is 13.2 Å². The van der Waals surface area contributed by atoms with Crippen molar-refractivity contribution in [3.8, 4) is 0 Å². The van der Waals surface area contributed by atoms with Gasteiger partial charge in [-0.05, 0) is 20.9 Å². The minimum atomic E-state index is -0.0203. The average molecular weight is 185 g/mol. The van der Waals surface area contributed by atoms with E-state index in [-0.39, 0.29) is 6.29 Å². The zero-order chi connectivity index (χ0) is 9.68. The van der Waals surface area contributed by atoms with Crippen LogP contribution in [0.5, 0.6) is 0 Å². The second-order valence-corrected chi connectivity index (χ2v) is 3.55. The van der Waals surface area contributed by atoms with Crippen LogP contribution in [0, 0.1) is 0 Å². The molecule has 0 aromatic rings. The molecule has 0 aromatic carbocycles. The van der Waals surface area contributed by atoms with Crippen molar-refractivity contribution in [2.24, 2.45) is 0 Å². The number of hydrogen-bond donors (Lipinski definition) is 1. The molecule has 3 nitrogen and oxygen atoms in total. The molecule has 1 rings (SSSR count). The van der Waals surface area contributed by atoms with E-state index < -0.39 is 0 Å². The third-order valence-corrected chi connectivity index (χ3v) is 2.04. The van der Waals surface area contributed by atoms with E-state index in [0.717, 1.165) is 19.6 Å². The third kappa shape index (κ3) is 3.89. The van der Waals surface area contributed by atoms with E-state index in [1.807, 2.05) is 7.05 Å². The molecule has 76 valence electrons. The van der Waals surface area contributed by atoms with Crippen LogP contribution in [0.25, 0.3) is 0 Å². The summed E-state index contributed by atoms with van der Waals surface area (Å²) in [7, 11) is 1.96. The second kappa shape index (κ2) is 5.37. The monoisotopic (exact) mass is 185 g/mol. The van der Waals surface area contributed by atoms with Crippen molar-refractivity contribution in [1.29, 1.82) is 0 Å². The number of ether oxygens (including phenoxy) is 2. The third-order valence-electron chi connectivity index (χ3n) is 2.04.